The second kappa shape index (κ2) is 6.91. The van der Waals surface area contributed by atoms with Crippen molar-refractivity contribution in [3.05, 3.63) is 48.0 Å². The highest BCUT2D eigenvalue weighted by Crippen LogP contribution is 2.32. The lowest BCUT2D eigenvalue weighted by atomic mass is 10.1. The van der Waals surface area contributed by atoms with E-state index < -0.39 is 0 Å². The molecule has 3 rings (SSSR count). The van der Waals surface area contributed by atoms with Gasteiger partial charge in [0.15, 0.2) is 17.5 Å². The third-order valence-corrected chi connectivity index (χ3v) is 3.48. The van der Waals surface area contributed by atoms with Crippen molar-refractivity contribution in [1.82, 2.24) is 0 Å². The molecular weight excluding hydrogens is 294 g/mol. The van der Waals surface area contributed by atoms with Crippen molar-refractivity contribution in [2.75, 3.05) is 25.8 Å². The summed E-state index contributed by atoms with van der Waals surface area (Å²) in [5.41, 5.74) is 7.90. The Kier molecular flexibility index (Phi) is 4.52. The summed E-state index contributed by atoms with van der Waals surface area (Å²) in [6.07, 6.45) is 0.779. The zero-order valence-electron chi connectivity index (χ0n) is 12.9. The molecule has 0 saturated heterocycles. The molecular formula is C17H19N3O3. The van der Waals surface area contributed by atoms with Gasteiger partial charge in [0.2, 0.25) is 6.79 Å². The van der Waals surface area contributed by atoms with E-state index in [1.807, 2.05) is 42.5 Å². The molecule has 0 spiro atoms. The zero-order valence-corrected chi connectivity index (χ0v) is 12.9. The Morgan fingerprint density at radius 1 is 1.17 bits per heavy atom. The fraction of sp³-hybridized carbons (Fsp3) is 0.235. The molecule has 0 aromatic heterocycles. The van der Waals surface area contributed by atoms with E-state index in [1.165, 1.54) is 0 Å². The summed E-state index contributed by atoms with van der Waals surface area (Å²) >= 11 is 0. The number of fused-ring (bicyclic) bond motifs is 1. The monoisotopic (exact) mass is 313 g/mol. The molecule has 6 heteroatoms. The molecule has 0 bridgehead atoms. The number of aliphatic imine (C=N–C) groups is 1. The van der Waals surface area contributed by atoms with Crippen molar-refractivity contribution < 1.29 is 14.2 Å². The minimum atomic E-state index is 0.287. The van der Waals surface area contributed by atoms with Gasteiger partial charge in [-0.05, 0) is 48.4 Å². The van der Waals surface area contributed by atoms with Crippen LogP contribution >= 0.6 is 0 Å². The van der Waals surface area contributed by atoms with E-state index in [2.05, 4.69) is 10.3 Å². The van der Waals surface area contributed by atoms with Crippen molar-refractivity contribution in [3.63, 3.8) is 0 Å². The quantitative estimate of drug-likeness (QED) is 0.654. The SMILES string of the molecule is COc1ccc(NC(N)=NCCc2ccc3c(c2)OCO3)cc1. The summed E-state index contributed by atoms with van der Waals surface area (Å²) < 4.78 is 15.8. The molecule has 3 N–H and O–H groups in total. The van der Waals surface area contributed by atoms with Crippen LogP contribution in [0.3, 0.4) is 0 Å². The lowest BCUT2D eigenvalue weighted by Gasteiger charge is -2.07. The zero-order chi connectivity index (χ0) is 16.1. The number of guanidine groups is 1. The Hall–Kier alpha value is -2.89. The van der Waals surface area contributed by atoms with E-state index in [1.54, 1.807) is 7.11 Å². The molecule has 0 aliphatic carbocycles. The van der Waals surface area contributed by atoms with Crippen molar-refractivity contribution in [2.24, 2.45) is 10.7 Å². The van der Waals surface area contributed by atoms with E-state index in [-0.39, 0.29) is 6.79 Å². The maximum atomic E-state index is 5.89. The molecule has 0 fully saturated rings. The van der Waals surface area contributed by atoms with Gasteiger partial charge in [-0.3, -0.25) is 4.99 Å². The average molecular weight is 313 g/mol. The van der Waals surface area contributed by atoms with E-state index in [0.29, 0.717) is 12.5 Å². The van der Waals surface area contributed by atoms with Gasteiger partial charge >= 0.3 is 0 Å². The topological polar surface area (TPSA) is 78.1 Å². The van der Waals surface area contributed by atoms with Crippen LogP contribution in [-0.2, 0) is 6.42 Å². The van der Waals surface area contributed by atoms with Crippen LogP contribution in [0.1, 0.15) is 5.56 Å². The second-order valence-corrected chi connectivity index (χ2v) is 5.06. The summed E-state index contributed by atoms with van der Waals surface area (Å²) in [7, 11) is 1.63. The molecule has 0 unspecified atom stereocenters. The van der Waals surface area contributed by atoms with Gasteiger partial charge in [0.25, 0.3) is 0 Å². The number of nitrogens with two attached hydrogens (primary N) is 1. The Morgan fingerprint density at radius 2 is 1.96 bits per heavy atom. The van der Waals surface area contributed by atoms with Gasteiger partial charge < -0.3 is 25.3 Å². The van der Waals surface area contributed by atoms with Gasteiger partial charge in [0, 0.05) is 12.2 Å². The van der Waals surface area contributed by atoms with E-state index in [4.69, 9.17) is 19.9 Å². The van der Waals surface area contributed by atoms with Crippen molar-refractivity contribution in [2.45, 2.75) is 6.42 Å². The fourth-order valence-corrected chi connectivity index (χ4v) is 2.26. The molecule has 1 heterocycles. The first-order chi connectivity index (χ1) is 11.2. The van der Waals surface area contributed by atoms with Crippen LogP contribution < -0.4 is 25.3 Å². The third-order valence-electron chi connectivity index (χ3n) is 3.48. The maximum absolute atomic E-state index is 5.89. The highest BCUT2D eigenvalue weighted by molar-refractivity contribution is 5.92. The van der Waals surface area contributed by atoms with Crippen LogP contribution in [0.25, 0.3) is 0 Å². The molecule has 0 amide bonds. The molecule has 1 aliphatic rings. The Balaban J connectivity index is 1.52. The second-order valence-electron chi connectivity index (χ2n) is 5.06. The lowest BCUT2D eigenvalue weighted by molar-refractivity contribution is 0.174. The van der Waals surface area contributed by atoms with Crippen LogP contribution in [0.15, 0.2) is 47.5 Å². The van der Waals surface area contributed by atoms with Gasteiger partial charge in [-0.15, -0.1) is 0 Å². The number of hydrogen-bond donors (Lipinski definition) is 2. The number of benzene rings is 2. The highest BCUT2D eigenvalue weighted by atomic mass is 16.7. The van der Waals surface area contributed by atoms with Crippen LogP contribution in [0, 0.1) is 0 Å². The molecule has 0 radical (unpaired) electrons. The molecule has 0 saturated carbocycles. The first-order valence-electron chi connectivity index (χ1n) is 7.34. The van der Waals surface area contributed by atoms with Gasteiger partial charge in [-0.1, -0.05) is 6.07 Å². The molecule has 120 valence electrons. The number of nitrogens with zero attached hydrogens (tertiary/aromatic N) is 1. The maximum Gasteiger partial charge on any atom is 0.231 e. The number of hydrogen-bond acceptors (Lipinski definition) is 4. The van der Waals surface area contributed by atoms with E-state index in [0.717, 1.165) is 34.9 Å². The number of ether oxygens (including phenoxy) is 3. The van der Waals surface area contributed by atoms with Gasteiger partial charge in [-0.2, -0.15) is 0 Å². The predicted octanol–water partition coefficient (Wildman–Crippen LogP) is 2.39. The lowest BCUT2D eigenvalue weighted by Crippen LogP contribution is -2.23. The van der Waals surface area contributed by atoms with E-state index in [9.17, 15) is 0 Å². The molecule has 23 heavy (non-hydrogen) atoms. The summed E-state index contributed by atoms with van der Waals surface area (Å²) in [5.74, 6) is 2.76. The Labute approximate surface area is 134 Å². The Bertz CT molecular complexity index is 699. The average Bonchev–Trinajstić information content (AvgIpc) is 3.03. The van der Waals surface area contributed by atoms with Crippen molar-refractivity contribution in [1.29, 1.82) is 0 Å². The molecule has 2 aromatic carbocycles. The summed E-state index contributed by atoms with van der Waals surface area (Å²) in [5, 5.41) is 3.05. The number of anilines is 1. The third kappa shape index (κ3) is 3.85. The van der Waals surface area contributed by atoms with Crippen LogP contribution in [-0.4, -0.2) is 26.4 Å². The normalized spacial score (nSPS) is 13.0. The highest BCUT2D eigenvalue weighted by Gasteiger charge is 2.12. The summed E-state index contributed by atoms with van der Waals surface area (Å²) in [4.78, 5) is 4.33. The molecule has 0 atom stereocenters. The number of methoxy groups -OCH3 is 1. The van der Waals surface area contributed by atoms with Crippen molar-refractivity contribution in [3.8, 4) is 17.2 Å². The number of nitrogens with one attached hydrogen (secondary N) is 1. The summed E-state index contributed by atoms with van der Waals surface area (Å²) in [6, 6.07) is 13.4. The van der Waals surface area contributed by atoms with Gasteiger partial charge in [0.1, 0.15) is 5.75 Å². The Morgan fingerprint density at radius 3 is 2.74 bits per heavy atom. The largest absolute Gasteiger partial charge is 0.497 e. The van der Waals surface area contributed by atoms with Crippen LogP contribution in [0.2, 0.25) is 0 Å². The van der Waals surface area contributed by atoms with Crippen LogP contribution in [0.4, 0.5) is 5.69 Å². The first kappa shape index (κ1) is 15.0. The molecule has 2 aromatic rings. The first-order valence-corrected chi connectivity index (χ1v) is 7.34. The van der Waals surface area contributed by atoms with Crippen LogP contribution in [0.5, 0.6) is 17.2 Å². The minimum absolute atomic E-state index is 0.287. The van der Waals surface area contributed by atoms with Gasteiger partial charge in [0.05, 0.1) is 7.11 Å². The predicted molar refractivity (Wildman–Crippen MR) is 89.4 cm³/mol. The standard InChI is InChI=1S/C17H19N3O3/c1-21-14-5-3-13(4-6-14)20-17(18)19-9-8-12-2-7-15-16(10-12)23-11-22-15/h2-7,10H,8-9,11H2,1H3,(H3,18,19,20). The van der Waals surface area contributed by atoms with E-state index >= 15 is 0 Å². The number of rotatable bonds is 5. The molecule has 6 nitrogen and oxygen atoms in total. The summed E-state index contributed by atoms with van der Waals surface area (Å²) in [6.45, 7) is 0.879. The van der Waals surface area contributed by atoms with Crippen molar-refractivity contribution >= 4 is 11.6 Å². The minimum Gasteiger partial charge on any atom is -0.497 e. The fourth-order valence-electron chi connectivity index (χ4n) is 2.26. The van der Waals surface area contributed by atoms with Gasteiger partial charge in [-0.25, -0.2) is 0 Å². The molecule has 1 aliphatic heterocycles. The smallest absolute Gasteiger partial charge is 0.231 e.